The van der Waals surface area contributed by atoms with E-state index in [-0.39, 0.29) is 0 Å². The normalized spacial score (nSPS) is 13.4. The summed E-state index contributed by atoms with van der Waals surface area (Å²) in [5, 5.41) is 9.01. The third kappa shape index (κ3) is 1.99. The number of anilines is 1. The molecule has 3 N–H and O–H groups in total. The molecule has 0 radical (unpaired) electrons. The van der Waals surface area contributed by atoms with E-state index in [0.717, 1.165) is 16.8 Å². The van der Waals surface area contributed by atoms with E-state index in [4.69, 9.17) is 10.8 Å². The lowest BCUT2D eigenvalue weighted by Gasteiger charge is -2.08. The Morgan fingerprint density at radius 1 is 1.26 bits per heavy atom. The number of rotatable bonds is 1. The minimum absolute atomic E-state index is 0.324. The van der Waals surface area contributed by atoms with E-state index in [9.17, 15) is 4.79 Å². The molecule has 96 valence electrons. The summed E-state index contributed by atoms with van der Waals surface area (Å²) in [5.41, 5.74) is 9.93. The Morgan fingerprint density at radius 3 is 2.68 bits per heavy atom. The van der Waals surface area contributed by atoms with Crippen LogP contribution in [0.2, 0.25) is 0 Å². The molecule has 1 aliphatic rings. The first-order chi connectivity index (χ1) is 9.15. The van der Waals surface area contributed by atoms with Gasteiger partial charge in [-0.15, -0.1) is 0 Å². The standard InChI is InChI=1S/C14H13N3O2/c15-11-6-10-7-17(14(18)19)8-12(10)16-13(11)9-4-2-1-3-5-9/h1-6H,7-8,15H2,(H,18,19). The number of benzene rings is 1. The van der Waals surface area contributed by atoms with Gasteiger partial charge in [0.2, 0.25) is 0 Å². The predicted molar refractivity (Wildman–Crippen MR) is 71.4 cm³/mol. The van der Waals surface area contributed by atoms with Crippen LogP contribution in [0.3, 0.4) is 0 Å². The first kappa shape index (κ1) is 11.5. The Hall–Kier alpha value is -2.56. The van der Waals surface area contributed by atoms with Gasteiger partial charge in [-0.25, -0.2) is 9.78 Å². The summed E-state index contributed by atoms with van der Waals surface area (Å²) in [6.45, 7) is 0.682. The average Bonchev–Trinajstić information content (AvgIpc) is 2.82. The van der Waals surface area contributed by atoms with Gasteiger partial charge in [-0.3, -0.25) is 4.90 Å². The van der Waals surface area contributed by atoms with Crippen molar-refractivity contribution in [3.8, 4) is 11.3 Å². The van der Waals surface area contributed by atoms with E-state index in [1.54, 1.807) is 0 Å². The zero-order chi connectivity index (χ0) is 13.4. The van der Waals surface area contributed by atoms with Crippen LogP contribution in [0.4, 0.5) is 10.5 Å². The third-order valence-electron chi connectivity index (χ3n) is 3.24. The summed E-state index contributed by atoms with van der Waals surface area (Å²) in [7, 11) is 0. The SMILES string of the molecule is Nc1cc2c(nc1-c1ccccc1)CN(C(=O)O)C2. The molecule has 3 rings (SSSR count). The van der Waals surface area contributed by atoms with Crippen molar-refractivity contribution in [3.05, 3.63) is 47.7 Å². The predicted octanol–water partition coefficient (Wildman–Crippen LogP) is 2.32. The van der Waals surface area contributed by atoms with E-state index >= 15 is 0 Å². The van der Waals surface area contributed by atoms with Gasteiger partial charge in [-0.2, -0.15) is 0 Å². The molecule has 1 aromatic heterocycles. The number of amides is 1. The summed E-state index contributed by atoms with van der Waals surface area (Å²) < 4.78 is 0. The third-order valence-corrected chi connectivity index (χ3v) is 3.24. The number of hydrogen-bond donors (Lipinski definition) is 2. The molecule has 0 saturated heterocycles. The highest BCUT2D eigenvalue weighted by Gasteiger charge is 2.25. The molecule has 0 fully saturated rings. The quantitative estimate of drug-likeness (QED) is 0.819. The Morgan fingerprint density at radius 2 is 2.00 bits per heavy atom. The summed E-state index contributed by atoms with van der Waals surface area (Å²) in [4.78, 5) is 16.8. The van der Waals surface area contributed by atoms with Crippen molar-refractivity contribution in [2.24, 2.45) is 0 Å². The minimum Gasteiger partial charge on any atom is -0.465 e. The van der Waals surface area contributed by atoms with Crippen LogP contribution in [0.1, 0.15) is 11.3 Å². The summed E-state index contributed by atoms with van der Waals surface area (Å²) >= 11 is 0. The molecule has 1 aliphatic heterocycles. The van der Waals surface area contributed by atoms with Crippen LogP contribution in [-0.4, -0.2) is 21.1 Å². The Labute approximate surface area is 110 Å². The zero-order valence-electron chi connectivity index (χ0n) is 10.2. The fraction of sp³-hybridized carbons (Fsp3) is 0.143. The van der Waals surface area contributed by atoms with Crippen molar-refractivity contribution < 1.29 is 9.90 Å². The van der Waals surface area contributed by atoms with Crippen molar-refractivity contribution >= 4 is 11.8 Å². The second-order valence-corrected chi connectivity index (χ2v) is 4.54. The number of carbonyl (C=O) groups is 1. The Bertz CT molecular complexity index is 641. The van der Waals surface area contributed by atoms with Crippen molar-refractivity contribution in [2.75, 3.05) is 5.73 Å². The number of hydrogen-bond acceptors (Lipinski definition) is 3. The Kier molecular flexibility index (Phi) is 2.59. The van der Waals surface area contributed by atoms with E-state index in [0.29, 0.717) is 24.5 Å². The number of fused-ring (bicyclic) bond motifs is 1. The molecule has 0 aliphatic carbocycles. The molecule has 2 aromatic rings. The van der Waals surface area contributed by atoms with Crippen molar-refractivity contribution in [3.63, 3.8) is 0 Å². The topological polar surface area (TPSA) is 79.5 Å². The molecule has 19 heavy (non-hydrogen) atoms. The van der Waals surface area contributed by atoms with Crippen LogP contribution in [0.25, 0.3) is 11.3 Å². The molecule has 0 unspecified atom stereocenters. The van der Waals surface area contributed by atoms with Crippen LogP contribution in [0.5, 0.6) is 0 Å². The van der Waals surface area contributed by atoms with Gasteiger partial charge in [0, 0.05) is 5.56 Å². The number of aromatic nitrogens is 1. The maximum atomic E-state index is 11.0. The second kappa shape index (κ2) is 4.28. The van der Waals surface area contributed by atoms with Gasteiger partial charge < -0.3 is 10.8 Å². The zero-order valence-corrected chi connectivity index (χ0v) is 10.2. The molecular formula is C14H13N3O2. The lowest BCUT2D eigenvalue weighted by molar-refractivity contribution is 0.145. The van der Waals surface area contributed by atoms with Crippen molar-refractivity contribution in [1.29, 1.82) is 0 Å². The van der Waals surface area contributed by atoms with Gasteiger partial charge in [0.25, 0.3) is 0 Å². The molecule has 2 heterocycles. The molecule has 0 bridgehead atoms. The van der Waals surface area contributed by atoms with Gasteiger partial charge in [0.05, 0.1) is 30.2 Å². The monoisotopic (exact) mass is 255 g/mol. The molecule has 5 heteroatoms. The smallest absolute Gasteiger partial charge is 0.407 e. The summed E-state index contributed by atoms with van der Waals surface area (Å²) in [6.07, 6.45) is -0.933. The number of nitrogens with zero attached hydrogens (tertiary/aromatic N) is 2. The number of carboxylic acid groups (broad SMARTS) is 1. The first-order valence-corrected chi connectivity index (χ1v) is 5.96. The van der Waals surface area contributed by atoms with E-state index < -0.39 is 6.09 Å². The average molecular weight is 255 g/mol. The van der Waals surface area contributed by atoms with Gasteiger partial charge in [0.15, 0.2) is 0 Å². The minimum atomic E-state index is -0.933. The van der Waals surface area contributed by atoms with Crippen molar-refractivity contribution in [1.82, 2.24) is 9.88 Å². The van der Waals surface area contributed by atoms with Crippen LogP contribution in [0, 0.1) is 0 Å². The molecule has 0 atom stereocenters. The number of nitrogen functional groups attached to an aromatic ring is 1. The van der Waals surface area contributed by atoms with E-state index in [1.165, 1.54) is 4.90 Å². The van der Waals surface area contributed by atoms with Crippen molar-refractivity contribution in [2.45, 2.75) is 13.1 Å². The Balaban J connectivity index is 2.03. The van der Waals surface area contributed by atoms with Gasteiger partial charge >= 0.3 is 6.09 Å². The fourth-order valence-electron chi connectivity index (χ4n) is 2.29. The molecule has 1 amide bonds. The molecule has 1 aromatic carbocycles. The maximum Gasteiger partial charge on any atom is 0.407 e. The van der Waals surface area contributed by atoms with Crippen LogP contribution in [0.15, 0.2) is 36.4 Å². The van der Waals surface area contributed by atoms with E-state index in [1.807, 2.05) is 36.4 Å². The highest BCUT2D eigenvalue weighted by Crippen LogP contribution is 2.30. The summed E-state index contributed by atoms with van der Waals surface area (Å²) in [6, 6.07) is 11.5. The lowest BCUT2D eigenvalue weighted by Crippen LogP contribution is -2.22. The highest BCUT2D eigenvalue weighted by atomic mass is 16.4. The van der Waals surface area contributed by atoms with Crippen LogP contribution >= 0.6 is 0 Å². The van der Waals surface area contributed by atoms with Crippen LogP contribution < -0.4 is 5.73 Å². The van der Waals surface area contributed by atoms with Gasteiger partial charge in [0.1, 0.15) is 0 Å². The fourth-order valence-corrected chi connectivity index (χ4v) is 2.29. The largest absolute Gasteiger partial charge is 0.465 e. The first-order valence-electron chi connectivity index (χ1n) is 5.96. The van der Waals surface area contributed by atoms with E-state index in [2.05, 4.69) is 4.98 Å². The molecule has 0 spiro atoms. The molecule has 0 saturated carbocycles. The molecular weight excluding hydrogens is 242 g/mol. The molecule has 5 nitrogen and oxygen atoms in total. The second-order valence-electron chi connectivity index (χ2n) is 4.54. The number of nitrogens with two attached hydrogens (primary N) is 1. The highest BCUT2D eigenvalue weighted by molar-refractivity contribution is 5.74. The maximum absolute atomic E-state index is 11.0. The van der Waals surface area contributed by atoms with Gasteiger partial charge in [-0.1, -0.05) is 30.3 Å². The van der Waals surface area contributed by atoms with Crippen LogP contribution in [-0.2, 0) is 13.1 Å². The lowest BCUT2D eigenvalue weighted by atomic mass is 10.1. The van der Waals surface area contributed by atoms with Gasteiger partial charge in [-0.05, 0) is 11.6 Å². The summed E-state index contributed by atoms with van der Waals surface area (Å²) in [5.74, 6) is 0. The number of pyridine rings is 1.